The number of aliphatic hydroxyl groups is 1. The second-order valence-corrected chi connectivity index (χ2v) is 8.33. The molecule has 8 heteroatoms. The minimum Gasteiger partial charge on any atom is -0.394 e. The topological polar surface area (TPSA) is 87.3 Å². The summed E-state index contributed by atoms with van der Waals surface area (Å²) in [5, 5.41) is 12.8. The van der Waals surface area contributed by atoms with Crippen molar-refractivity contribution in [1.82, 2.24) is 14.4 Å². The molecule has 0 bridgehead atoms. The van der Waals surface area contributed by atoms with Crippen molar-refractivity contribution >= 4 is 29.1 Å². The van der Waals surface area contributed by atoms with E-state index in [4.69, 9.17) is 4.74 Å². The summed E-state index contributed by atoms with van der Waals surface area (Å²) in [5.74, 6) is 0.745. The van der Waals surface area contributed by atoms with Gasteiger partial charge in [-0.05, 0) is 41.0 Å². The van der Waals surface area contributed by atoms with E-state index in [0.29, 0.717) is 13.2 Å². The van der Waals surface area contributed by atoms with Gasteiger partial charge in [-0.25, -0.2) is 9.97 Å². The molecule has 33 heavy (non-hydrogen) atoms. The first-order valence-corrected chi connectivity index (χ1v) is 11.1. The summed E-state index contributed by atoms with van der Waals surface area (Å²) in [5.41, 5.74) is 7.42. The number of fused-ring (bicyclic) bond motifs is 2. The van der Waals surface area contributed by atoms with Crippen LogP contribution >= 0.6 is 0 Å². The molecule has 0 amide bonds. The van der Waals surface area contributed by atoms with E-state index in [1.165, 1.54) is 11.1 Å². The SMILES string of the molecule is OC[C@@H]1CN(c2ccc(Nc3cc(-c4ccc5c(c4)CN=C5)cn4ccnc34)nc2)CCO1. The molecule has 0 unspecified atom stereocenters. The highest BCUT2D eigenvalue weighted by molar-refractivity contribution is 5.86. The number of imidazole rings is 1. The Labute approximate surface area is 191 Å². The number of aliphatic hydroxyl groups excluding tert-OH is 1. The smallest absolute Gasteiger partial charge is 0.160 e. The van der Waals surface area contributed by atoms with Crippen LogP contribution in [0, 0.1) is 0 Å². The molecule has 1 saturated heterocycles. The van der Waals surface area contributed by atoms with Gasteiger partial charge in [0.15, 0.2) is 5.65 Å². The average Bonchev–Trinajstić information content (AvgIpc) is 3.53. The Hall–Kier alpha value is -3.75. The van der Waals surface area contributed by atoms with Crippen LogP contribution in [0.4, 0.5) is 17.2 Å². The Kier molecular flexibility index (Phi) is 5.01. The molecular formula is C25H24N6O2. The van der Waals surface area contributed by atoms with Crippen molar-refractivity contribution in [2.24, 2.45) is 4.99 Å². The van der Waals surface area contributed by atoms with E-state index in [1.807, 2.05) is 35.1 Å². The molecule has 2 aliphatic heterocycles. The van der Waals surface area contributed by atoms with Gasteiger partial charge in [-0.15, -0.1) is 0 Å². The number of rotatable bonds is 5. The van der Waals surface area contributed by atoms with Gasteiger partial charge < -0.3 is 24.5 Å². The number of anilines is 3. The molecule has 5 heterocycles. The van der Waals surface area contributed by atoms with Crippen LogP contribution in [0.5, 0.6) is 0 Å². The van der Waals surface area contributed by atoms with Gasteiger partial charge in [-0.2, -0.15) is 0 Å². The highest BCUT2D eigenvalue weighted by Gasteiger charge is 2.20. The highest BCUT2D eigenvalue weighted by Crippen LogP contribution is 2.30. The lowest BCUT2D eigenvalue weighted by Gasteiger charge is -2.33. The first kappa shape index (κ1) is 19.9. The third kappa shape index (κ3) is 3.83. The third-order valence-electron chi connectivity index (χ3n) is 6.17. The minimum absolute atomic E-state index is 0.0253. The van der Waals surface area contributed by atoms with Crippen LogP contribution in [0.3, 0.4) is 0 Å². The van der Waals surface area contributed by atoms with Crippen molar-refractivity contribution in [2.45, 2.75) is 12.6 Å². The maximum Gasteiger partial charge on any atom is 0.160 e. The van der Waals surface area contributed by atoms with Crippen molar-refractivity contribution in [3.8, 4) is 11.1 Å². The lowest BCUT2D eigenvalue weighted by molar-refractivity contribution is 0.00355. The summed E-state index contributed by atoms with van der Waals surface area (Å²) < 4.78 is 7.57. The number of benzene rings is 1. The van der Waals surface area contributed by atoms with Crippen molar-refractivity contribution in [3.63, 3.8) is 0 Å². The second kappa shape index (κ2) is 8.31. The van der Waals surface area contributed by atoms with E-state index in [2.05, 4.69) is 55.6 Å². The lowest BCUT2D eigenvalue weighted by atomic mass is 10.0. The van der Waals surface area contributed by atoms with Crippen LogP contribution in [-0.2, 0) is 11.3 Å². The predicted molar refractivity (Wildman–Crippen MR) is 128 cm³/mol. The van der Waals surface area contributed by atoms with Crippen molar-refractivity contribution in [3.05, 3.63) is 72.3 Å². The number of morpholine rings is 1. The Morgan fingerprint density at radius 2 is 2.09 bits per heavy atom. The molecule has 1 aromatic carbocycles. The van der Waals surface area contributed by atoms with Gasteiger partial charge in [0.1, 0.15) is 5.82 Å². The van der Waals surface area contributed by atoms with Gasteiger partial charge in [0.05, 0.1) is 43.4 Å². The molecule has 8 nitrogen and oxygen atoms in total. The van der Waals surface area contributed by atoms with E-state index >= 15 is 0 Å². The number of pyridine rings is 2. The molecule has 0 spiro atoms. The molecule has 166 valence electrons. The van der Waals surface area contributed by atoms with Crippen molar-refractivity contribution < 1.29 is 9.84 Å². The van der Waals surface area contributed by atoms with Crippen LogP contribution in [0.15, 0.2) is 66.2 Å². The Bertz CT molecular complexity index is 1330. The monoisotopic (exact) mass is 440 g/mol. The summed E-state index contributed by atoms with van der Waals surface area (Å²) >= 11 is 0. The molecule has 0 aliphatic carbocycles. The van der Waals surface area contributed by atoms with Crippen LogP contribution in [0.25, 0.3) is 16.8 Å². The third-order valence-corrected chi connectivity index (χ3v) is 6.17. The first-order chi connectivity index (χ1) is 16.3. The standard InChI is InChI=1S/C25H24N6O2/c32-16-22-15-30(7-8-33-22)21-3-4-24(28-13-21)29-23-10-20(14-31-6-5-27-25(23)31)17-1-2-18-11-26-12-19(18)9-17/h1-6,9-11,13-14,22,32H,7-8,12,15-16H2,(H,28,29)/t22-/m0/s1. The number of ether oxygens (including phenoxy) is 1. The van der Waals surface area contributed by atoms with Crippen LogP contribution in [0.1, 0.15) is 11.1 Å². The number of nitrogens with zero attached hydrogens (tertiary/aromatic N) is 5. The van der Waals surface area contributed by atoms with Crippen molar-refractivity contribution in [2.75, 3.05) is 36.5 Å². The van der Waals surface area contributed by atoms with Crippen LogP contribution in [-0.4, -0.2) is 58.1 Å². The number of hydrogen-bond acceptors (Lipinski definition) is 7. The Balaban J connectivity index is 1.28. The van der Waals surface area contributed by atoms with Gasteiger partial charge in [-0.1, -0.05) is 12.1 Å². The second-order valence-electron chi connectivity index (χ2n) is 8.33. The molecule has 1 fully saturated rings. The zero-order chi connectivity index (χ0) is 22.2. The molecule has 4 aromatic rings. The van der Waals surface area contributed by atoms with Crippen molar-refractivity contribution in [1.29, 1.82) is 0 Å². The summed E-state index contributed by atoms with van der Waals surface area (Å²) in [6.45, 7) is 2.81. The molecule has 6 rings (SSSR count). The van der Waals surface area contributed by atoms with E-state index in [9.17, 15) is 5.11 Å². The molecule has 1 atom stereocenters. The van der Waals surface area contributed by atoms with Crippen LogP contribution < -0.4 is 10.2 Å². The normalized spacial score (nSPS) is 17.5. The van der Waals surface area contributed by atoms with E-state index in [-0.39, 0.29) is 12.7 Å². The molecular weight excluding hydrogens is 416 g/mol. The fourth-order valence-electron chi connectivity index (χ4n) is 4.42. The van der Waals surface area contributed by atoms with Crippen LogP contribution in [0.2, 0.25) is 0 Å². The Morgan fingerprint density at radius 1 is 1.12 bits per heavy atom. The minimum atomic E-state index is -0.154. The number of nitrogens with one attached hydrogen (secondary N) is 1. The largest absolute Gasteiger partial charge is 0.394 e. The fraction of sp³-hybridized carbons (Fsp3) is 0.240. The first-order valence-electron chi connectivity index (χ1n) is 11.1. The zero-order valence-corrected chi connectivity index (χ0v) is 18.1. The van der Waals surface area contributed by atoms with E-state index in [1.54, 1.807) is 6.20 Å². The van der Waals surface area contributed by atoms with Gasteiger partial charge >= 0.3 is 0 Å². The quantitative estimate of drug-likeness (QED) is 0.495. The number of aliphatic imine (C=N–C) groups is 1. The molecule has 2 N–H and O–H groups in total. The summed E-state index contributed by atoms with van der Waals surface area (Å²) in [7, 11) is 0. The summed E-state index contributed by atoms with van der Waals surface area (Å²) in [4.78, 5) is 15.7. The molecule has 3 aromatic heterocycles. The van der Waals surface area contributed by atoms with Gasteiger partial charge in [0.25, 0.3) is 0 Å². The van der Waals surface area contributed by atoms with Gasteiger partial charge in [0, 0.05) is 43.5 Å². The molecule has 0 saturated carbocycles. The highest BCUT2D eigenvalue weighted by atomic mass is 16.5. The van der Waals surface area contributed by atoms with E-state index < -0.39 is 0 Å². The fourth-order valence-corrected chi connectivity index (χ4v) is 4.42. The average molecular weight is 441 g/mol. The zero-order valence-electron chi connectivity index (χ0n) is 18.1. The van der Waals surface area contributed by atoms with E-state index in [0.717, 1.165) is 47.1 Å². The lowest BCUT2D eigenvalue weighted by Crippen LogP contribution is -2.44. The predicted octanol–water partition coefficient (Wildman–Crippen LogP) is 3.27. The summed E-state index contributed by atoms with van der Waals surface area (Å²) in [6, 6.07) is 12.6. The molecule has 2 aliphatic rings. The number of aromatic nitrogens is 3. The maximum absolute atomic E-state index is 9.39. The molecule has 0 radical (unpaired) electrons. The maximum atomic E-state index is 9.39. The van der Waals surface area contributed by atoms with Gasteiger partial charge in [-0.3, -0.25) is 4.99 Å². The summed E-state index contributed by atoms with van der Waals surface area (Å²) in [6.07, 6.45) is 9.48. The Morgan fingerprint density at radius 3 is 2.97 bits per heavy atom. The van der Waals surface area contributed by atoms with Gasteiger partial charge in [0.2, 0.25) is 0 Å². The number of hydrogen-bond donors (Lipinski definition) is 2.